The fraction of sp³-hybridized carbons (Fsp3) is 0.100. The molecule has 1 amide bonds. The molecule has 0 saturated carbocycles. The Hall–Kier alpha value is -4.42. The lowest BCUT2D eigenvalue weighted by atomic mass is 9.96. The molecule has 1 unspecified atom stereocenters. The second kappa shape index (κ2) is 9.91. The fourth-order valence-corrected chi connectivity index (χ4v) is 4.52. The number of hydrogen-bond donors (Lipinski definition) is 1. The van der Waals surface area contributed by atoms with E-state index in [1.165, 1.54) is 18.5 Å². The molecule has 7 heteroatoms. The maximum Gasteiger partial charge on any atom is 0.356 e. The SMILES string of the molecule is CC(OC(=O)c1c(-c2ccc(Cl)cc2)c2ccccc2c(=O)n1C)C(=O)Nc1ccc2ccccc2c1. The summed E-state index contributed by atoms with van der Waals surface area (Å²) in [6.45, 7) is 1.50. The van der Waals surface area contributed by atoms with Crippen molar-refractivity contribution in [3.05, 3.63) is 112 Å². The summed E-state index contributed by atoms with van der Waals surface area (Å²) in [5.74, 6) is -1.26. The number of carbonyl (C=O) groups is 2. The first-order valence-corrected chi connectivity index (χ1v) is 12.1. The molecule has 0 spiro atoms. The van der Waals surface area contributed by atoms with Crippen LogP contribution in [0.4, 0.5) is 5.69 Å². The van der Waals surface area contributed by atoms with Crippen molar-refractivity contribution in [2.45, 2.75) is 13.0 Å². The van der Waals surface area contributed by atoms with E-state index >= 15 is 0 Å². The van der Waals surface area contributed by atoms with Gasteiger partial charge in [-0.2, -0.15) is 0 Å². The molecule has 6 nitrogen and oxygen atoms in total. The van der Waals surface area contributed by atoms with E-state index in [2.05, 4.69) is 5.32 Å². The van der Waals surface area contributed by atoms with Crippen molar-refractivity contribution in [1.29, 1.82) is 0 Å². The maximum absolute atomic E-state index is 13.5. The third-order valence-corrected chi connectivity index (χ3v) is 6.55. The van der Waals surface area contributed by atoms with Gasteiger partial charge < -0.3 is 14.6 Å². The third-order valence-electron chi connectivity index (χ3n) is 6.30. The van der Waals surface area contributed by atoms with Gasteiger partial charge in [0.05, 0.1) is 0 Å². The van der Waals surface area contributed by atoms with Crippen LogP contribution < -0.4 is 10.9 Å². The highest BCUT2D eigenvalue weighted by atomic mass is 35.5. The lowest BCUT2D eigenvalue weighted by molar-refractivity contribution is -0.123. The first-order valence-electron chi connectivity index (χ1n) is 11.7. The van der Waals surface area contributed by atoms with E-state index in [9.17, 15) is 14.4 Å². The minimum Gasteiger partial charge on any atom is -0.448 e. The Labute approximate surface area is 218 Å². The van der Waals surface area contributed by atoms with Gasteiger partial charge in [-0.05, 0) is 59.0 Å². The number of carbonyl (C=O) groups excluding carboxylic acids is 2. The topological polar surface area (TPSA) is 77.4 Å². The zero-order valence-corrected chi connectivity index (χ0v) is 21.0. The van der Waals surface area contributed by atoms with E-state index in [1.807, 2.05) is 36.4 Å². The number of amides is 1. The predicted octanol–water partition coefficient (Wildman–Crippen LogP) is 6.20. The van der Waals surface area contributed by atoms with Gasteiger partial charge in [-0.25, -0.2) is 4.79 Å². The van der Waals surface area contributed by atoms with Gasteiger partial charge in [-0.1, -0.05) is 72.3 Å². The van der Waals surface area contributed by atoms with Crippen LogP contribution in [0.2, 0.25) is 5.02 Å². The van der Waals surface area contributed by atoms with Gasteiger partial charge in [-0.3, -0.25) is 9.59 Å². The van der Waals surface area contributed by atoms with E-state index in [1.54, 1.807) is 54.6 Å². The van der Waals surface area contributed by atoms with Gasteiger partial charge in [0.1, 0.15) is 5.69 Å². The first kappa shape index (κ1) is 24.3. The van der Waals surface area contributed by atoms with Crippen molar-refractivity contribution in [3.8, 4) is 11.1 Å². The largest absolute Gasteiger partial charge is 0.448 e. The highest BCUT2D eigenvalue weighted by Gasteiger charge is 2.26. The number of fused-ring (bicyclic) bond motifs is 2. The highest BCUT2D eigenvalue weighted by Crippen LogP contribution is 2.32. The lowest BCUT2D eigenvalue weighted by Crippen LogP contribution is -2.32. The number of nitrogens with one attached hydrogen (secondary N) is 1. The van der Waals surface area contributed by atoms with Crippen molar-refractivity contribution in [2.24, 2.45) is 7.05 Å². The molecule has 0 aliphatic rings. The summed E-state index contributed by atoms with van der Waals surface area (Å²) in [6, 6.07) is 27.4. The number of halogens is 1. The van der Waals surface area contributed by atoms with E-state index in [0.717, 1.165) is 10.8 Å². The van der Waals surface area contributed by atoms with Crippen LogP contribution in [0.5, 0.6) is 0 Å². The molecule has 0 saturated heterocycles. The van der Waals surface area contributed by atoms with Crippen LogP contribution in [-0.4, -0.2) is 22.5 Å². The van der Waals surface area contributed by atoms with Crippen molar-refractivity contribution in [3.63, 3.8) is 0 Å². The molecule has 37 heavy (non-hydrogen) atoms. The van der Waals surface area contributed by atoms with Gasteiger partial charge >= 0.3 is 5.97 Å². The Morgan fingerprint density at radius 1 is 0.865 bits per heavy atom. The molecule has 184 valence electrons. The Kier molecular flexibility index (Phi) is 6.51. The minimum atomic E-state index is -1.11. The molecule has 1 atom stereocenters. The Bertz CT molecular complexity index is 1720. The van der Waals surface area contributed by atoms with E-state index in [0.29, 0.717) is 32.6 Å². The summed E-state index contributed by atoms with van der Waals surface area (Å²) in [5, 5.41) is 6.44. The minimum absolute atomic E-state index is 0.0522. The maximum atomic E-state index is 13.5. The molecule has 1 heterocycles. The van der Waals surface area contributed by atoms with E-state index in [4.69, 9.17) is 16.3 Å². The van der Waals surface area contributed by atoms with Crippen LogP contribution in [0.15, 0.2) is 95.8 Å². The number of anilines is 1. The zero-order chi connectivity index (χ0) is 26.1. The van der Waals surface area contributed by atoms with Crippen molar-refractivity contribution < 1.29 is 14.3 Å². The standard InChI is InChI=1S/C30H23ClN2O4/c1-18(28(34)32-23-16-13-19-7-3-4-8-21(19)17-23)37-30(36)27-26(20-11-14-22(31)15-12-20)24-9-5-6-10-25(24)29(35)33(27)2/h3-18H,1-2H3,(H,32,34). The number of esters is 1. The Morgan fingerprint density at radius 3 is 2.24 bits per heavy atom. The molecular formula is C30H23ClN2O4. The summed E-state index contributed by atoms with van der Waals surface area (Å²) in [7, 11) is 1.52. The predicted molar refractivity (Wildman–Crippen MR) is 147 cm³/mol. The first-order chi connectivity index (χ1) is 17.8. The molecular weight excluding hydrogens is 488 g/mol. The van der Waals surface area contributed by atoms with Crippen LogP contribution >= 0.6 is 11.6 Å². The monoisotopic (exact) mass is 510 g/mol. The van der Waals surface area contributed by atoms with Crippen LogP contribution in [0.3, 0.4) is 0 Å². The average molecular weight is 511 g/mol. The van der Waals surface area contributed by atoms with Crippen molar-refractivity contribution >= 4 is 50.7 Å². The summed E-state index contributed by atoms with van der Waals surface area (Å²) in [6.07, 6.45) is -1.11. The lowest BCUT2D eigenvalue weighted by Gasteiger charge is -2.19. The smallest absolute Gasteiger partial charge is 0.356 e. The molecule has 1 aromatic heterocycles. The van der Waals surface area contributed by atoms with Gasteiger partial charge in [0.25, 0.3) is 11.5 Å². The van der Waals surface area contributed by atoms with E-state index in [-0.39, 0.29) is 11.3 Å². The van der Waals surface area contributed by atoms with Crippen molar-refractivity contribution in [1.82, 2.24) is 4.57 Å². The molecule has 0 fully saturated rings. The zero-order valence-electron chi connectivity index (χ0n) is 20.2. The summed E-state index contributed by atoms with van der Waals surface area (Å²) < 4.78 is 6.86. The summed E-state index contributed by atoms with van der Waals surface area (Å²) >= 11 is 6.09. The quantitative estimate of drug-likeness (QED) is 0.286. The molecule has 5 rings (SSSR count). The van der Waals surface area contributed by atoms with Crippen LogP contribution in [0, 0.1) is 0 Å². The van der Waals surface area contributed by atoms with E-state index < -0.39 is 18.0 Å². The number of hydrogen-bond acceptors (Lipinski definition) is 4. The highest BCUT2D eigenvalue weighted by molar-refractivity contribution is 6.30. The van der Waals surface area contributed by atoms with Crippen molar-refractivity contribution in [2.75, 3.05) is 5.32 Å². The fourth-order valence-electron chi connectivity index (χ4n) is 4.39. The van der Waals surface area contributed by atoms with Gasteiger partial charge in [0.2, 0.25) is 0 Å². The number of pyridine rings is 1. The Balaban J connectivity index is 1.48. The van der Waals surface area contributed by atoms with Crippen LogP contribution in [0.25, 0.3) is 32.7 Å². The van der Waals surface area contributed by atoms with Gasteiger partial charge in [0.15, 0.2) is 6.10 Å². The number of benzene rings is 4. The van der Waals surface area contributed by atoms with Crippen LogP contribution in [-0.2, 0) is 16.6 Å². The molecule has 0 bridgehead atoms. The summed E-state index contributed by atoms with van der Waals surface area (Å²) in [5.41, 5.74) is 1.52. The van der Waals surface area contributed by atoms with Gasteiger partial charge in [0, 0.05) is 28.7 Å². The van der Waals surface area contributed by atoms with Gasteiger partial charge in [-0.15, -0.1) is 0 Å². The molecule has 5 aromatic rings. The van der Waals surface area contributed by atoms with Crippen LogP contribution in [0.1, 0.15) is 17.4 Å². The second-order valence-electron chi connectivity index (χ2n) is 8.74. The Morgan fingerprint density at radius 2 is 1.51 bits per heavy atom. The number of rotatable bonds is 5. The number of aromatic nitrogens is 1. The second-order valence-corrected chi connectivity index (χ2v) is 9.18. The molecule has 0 aliphatic carbocycles. The number of ether oxygens (including phenoxy) is 1. The summed E-state index contributed by atoms with van der Waals surface area (Å²) in [4.78, 5) is 39.5. The molecule has 4 aromatic carbocycles. The number of nitrogens with zero attached hydrogens (tertiary/aromatic N) is 1. The molecule has 0 radical (unpaired) electrons. The molecule has 0 aliphatic heterocycles. The average Bonchev–Trinajstić information content (AvgIpc) is 2.91. The molecule has 1 N–H and O–H groups in total. The normalized spacial score (nSPS) is 11.9. The third kappa shape index (κ3) is 4.71.